The smallest absolute Gasteiger partial charge is 0.256 e. The van der Waals surface area contributed by atoms with Crippen LogP contribution in [-0.2, 0) is 0 Å². The molecule has 2 heterocycles. The van der Waals surface area contributed by atoms with Gasteiger partial charge in [0, 0.05) is 45.3 Å². The standard InChI is InChI=1S/C19H28FN3O2/c1-14-12-17(20)16(13-18(14)25-3)19(24)23-6-4-15(5-7-23)22-10-8-21(2)9-11-22/h12-13,15H,4-11H2,1-3H3. The van der Waals surface area contributed by atoms with Crippen molar-refractivity contribution in [2.24, 2.45) is 0 Å². The number of carbonyl (C=O) groups excluding carboxylic acids is 1. The minimum absolute atomic E-state index is 0.112. The first-order chi connectivity index (χ1) is 12.0. The summed E-state index contributed by atoms with van der Waals surface area (Å²) in [7, 11) is 3.69. The van der Waals surface area contributed by atoms with Crippen molar-refractivity contribution in [2.45, 2.75) is 25.8 Å². The van der Waals surface area contributed by atoms with Crippen molar-refractivity contribution in [3.63, 3.8) is 0 Å². The van der Waals surface area contributed by atoms with Crippen molar-refractivity contribution in [3.05, 3.63) is 29.1 Å². The molecule has 3 rings (SSSR count). The Balaban J connectivity index is 1.62. The molecule has 0 unspecified atom stereocenters. The van der Waals surface area contributed by atoms with Crippen LogP contribution in [-0.4, -0.2) is 80.1 Å². The Morgan fingerprint density at radius 3 is 2.36 bits per heavy atom. The first-order valence-electron chi connectivity index (χ1n) is 9.05. The maximum absolute atomic E-state index is 14.3. The van der Waals surface area contributed by atoms with Crippen molar-refractivity contribution < 1.29 is 13.9 Å². The summed E-state index contributed by atoms with van der Waals surface area (Å²) in [4.78, 5) is 19.4. The SMILES string of the molecule is COc1cc(C(=O)N2CCC(N3CCN(C)CC3)CC2)c(F)cc1C. The van der Waals surface area contributed by atoms with Gasteiger partial charge in [-0.05, 0) is 44.5 Å². The van der Waals surface area contributed by atoms with E-state index < -0.39 is 5.82 Å². The third-order valence-electron chi connectivity index (χ3n) is 5.52. The Morgan fingerprint density at radius 2 is 1.76 bits per heavy atom. The van der Waals surface area contributed by atoms with E-state index in [0.29, 0.717) is 30.4 Å². The largest absolute Gasteiger partial charge is 0.496 e. The minimum atomic E-state index is -0.468. The summed E-state index contributed by atoms with van der Waals surface area (Å²) >= 11 is 0. The summed E-state index contributed by atoms with van der Waals surface area (Å²) < 4.78 is 19.5. The molecule has 1 aromatic rings. The van der Waals surface area contributed by atoms with Gasteiger partial charge in [0.1, 0.15) is 11.6 Å². The quantitative estimate of drug-likeness (QED) is 0.836. The number of ether oxygens (including phenoxy) is 1. The lowest BCUT2D eigenvalue weighted by Crippen LogP contribution is -2.53. The molecule has 0 atom stereocenters. The van der Waals surface area contributed by atoms with Crippen LogP contribution in [0.15, 0.2) is 12.1 Å². The number of benzene rings is 1. The Bertz CT molecular complexity index is 621. The van der Waals surface area contributed by atoms with Gasteiger partial charge in [0.05, 0.1) is 12.7 Å². The highest BCUT2D eigenvalue weighted by molar-refractivity contribution is 5.95. The van der Waals surface area contributed by atoms with Gasteiger partial charge >= 0.3 is 0 Å². The fraction of sp³-hybridized carbons (Fsp3) is 0.632. The predicted molar refractivity (Wildman–Crippen MR) is 95.7 cm³/mol. The second-order valence-electron chi connectivity index (χ2n) is 7.16. The maximum atomic E-state index is 14.3. The van der Waals surface area contributed by atoms with Crippen LogP contribution in [0, 0.1) is 12.7 Å². The molecule has 25 heavy (non-hydrogen) atoms. The lowest BCUT2D eigenvalue weighted by Gasteiger charge is -2.42. The van der Waals surface area contributed by atoms with Gasteiger partial charge in [0.25, 0.3) is 5.91 Å². The molecule has 1 amide bonds. The van der Waals surface area contributed by atoms with Gasteiger partial charge in [0.2, 0.25) is 0 Å². The number of hydrogen-bond donors (Lipinski definition) is 0. The van der Waals surface area contributed by atoms with Crippen LogP contribution in [0.3, 0.4) is 0 Å². The zero-order valence-corrected chi connectivity index (χ0v) is 15.4. The lowest BCUT2D eigenvalue weighted by atomic mass is 10.0. The van der Waals surface area contributed by atoms with Crippen LogP contribution in [0.4, 0.5) is 4.39 Å². The van der Waals surface area contributed by atoms with E-state index in [1.165, 1.54) is 19.2 Å². The monoisotopic (exact) mass is 349 g/mol. The molecular formula is C19H28FN3O2. The third-order valence-corrected chi connectivity index (χ3v) is 5.52. The second kappa shape index (κ2) is 7.70. The highest BCUT2D eigenvalue weighted by Crippen LogP contribution is 2.25. The van der Waals surface area contributed by atoms with Crippen LogP contribution in [0.5, 0.6) is 5.75 Å². The highest BCUT2D eigenvalue weighted by Gasteiger charge is 2.30. The van der Waals surface area contributed by atoms with E-state index in [-0.39, 0.29) is 11.5 Å². The van der Waals surface area contributed by atoms with E-state index in [9.17, 15) is 9.18 Å². The molecule has 2 fully saturated rings. The molecule has 0 spiro atoms. The molecule has 0 N–H and O–H groups in total. The second-order valence-corrected chi connectivity index (χ2v) is 7.16. The fourth-order valence-corrected chi connectivity index (χ4v) is 3.83. The Morgan fingerprint density at radius 1 is 1.12 bits per heavy atom. The Labute approximate surface area is 149 Å². The summed E-state index contributed by atoms with van der Waals surface area (Å²) in [5.41, 5.74) is 0.811. The van der Waals surface area contributed by atoms with Crippen LogP contribution in [0.1, 0.15) is 28.8 Å². The van der Waals surface area contributed by atoms with E-state index in [0.717, 1.165) is 39.0 Å². The molecule has 5 nitrogen and oxygen atoms in total. The summed E-state index contributed by atoms with van der Waals surface area (Å²) in [6.07, 6.45) is 1.92. The number of likely N-dealkylation sites (tertiary alicyclic amines) is 1. The Hall–Kier alpha value is -1.66. The summed E-state index contributed by atoms with van der Waals surface area (Å²) in [5, 5.41) is 0. The van der Waals surface area contributed by atoms with Gasteiger partial charge in [-0.15, -0.1) is 0 Å². The molecule has 2 aliphatic heterocycles. The van der Waals surface area contributed by atoms with E-state index in [2.05, 4.69) is 16.8 Å². The number of aryl methyl sites for hydroxylation is 1. The van der Waals surface area contributed by atoms with Crippen molar-refractivity contribution in [3.8, 4) is 5.75 Å². The molecule has 138 valence electrons. The minimum Gasteiger partial charge on any atom is -0.496 e. The summed E-state index contributed by atoms with van der Waals surface area (Å²) in [6.45, 7) is 7.55. The van der Waals surface area contributed by atoms with E-state index >= 15 is 0 Å². The van der Waals surface area contributed by atoms with E-state index in [1.54, 1.807) is 11.8 Å². The van der Waals surface area contributed by atoms with Gasteiger partial charge in [-0.25, -0.2) is 4.39 Å². The predicted octanol–water partition coefficient (Wildman–Crippen LogP) is 1.99. The van der Waals surface area contributed by atoms with Gasteiger partial charge in [-0.2, -0.15) is 0 Å². The number of nitrogens with zero attached hydrogens (tertiary/aromatic N) is 3. The normalized spacial score (nSPS) is 20.7. The number of methoxy groups -OCH3 is 1. The summed E-state index contributed by atoms with van der Waals surface area (Å²) in [6, 6.07) is 3.44. The van der Waals surface area contributed by atoms with Gasteiger partial charge < -0.3 is 14.5 Å². The number of hydrogen-bond acceptors (Lipinski definition) is 4. The number of rotatable bonds is 3. The molecule has 0 saturated carbocycles. The molecule has 2 saturated heterocycles. The van der Waals surface area contributed by atoms with Crippen molar-refractivity contribution in [2.75, 3.05) is 53.4 Å². The number of carbonyl (C=O) groups is 1. The van der Waals surface area contributed by atoms with E-state index in [1.807, 2.05) is 0 Å². The van der Waals surface area contributed by atoms with E-state index in [4.69, 9.17) is 4.74 Å². The van der Waals surface area contributed by atoms with Gasteiger partial charge in [-0.3, -0.25) is 9.69 Å². The van der Waals surface area contributed by atoms with Crippen LogP contribution in [0.25, 0.3) is 0 Å². The number of piperidine rings is 1. The molecule has 0 aromatic heterocycles. The van der Waals surface area contributed by atoms with Crippen LogP contribution in [0.2, 0.25) is 0 Å². The first kappa shape index (κ1) is 18.1. The maximum Gasteiger partial charge on any atom is 0.256 e. The number of amides is 1. The molecule has 0 radical (unpaired) electrons. The molecule has 0 bridgehead atoms. The number of halogens is 1. The molecular weight excluding hydrogens is 321 g/mol. The first-order valence-corrected chi connectivity index (χ1v) is 9.05. The zero-order valence-electron chi connectivity index (χ0n) is 15.4. The van der Waals surface area contributed by atoms with Crippen molar-refractivity contribution >= 4 is 5.91 Å². The van der Waals surface area contributed by atoms with Gasteiger partial charge in [-0.1, -0.05) is 0 Å². The zero-order chi connectivity index (χ0) is 18.0. The van der Waals surface area contributed by atoms with Crippen LogP contribution < -0.4 is 4.74 Å². The average molecular weight is 349 g/mol. The number of piperazine rings is 1. The number of likely N-dealkylation sites (N-methyl/N-ethyl adjacent to an activating group) is 1. The Kier molecular flexibility index (Phi) is 5.59. The topological polar surface area (TPSA) is 36.0 Å². The van der Waals surface area contributed by atoms with Gasteiger partial charge in [0.15, 0.2) is 0 Å². The molecule has 2 aliphatic rings. The molecule has 1 aromatic carbocycles. The highest BCUT2D eigenvalue weighted by atomic mass is 19.1. The lowest BCUT2D eigenvalue weighted by molar-refractivity contribution is 0.0515. The fourth-order valence-electron chi connectivity index (χ4n) is 3.83. The van der Waals surface area contributed by atoms with Crippen molar-refractivity contribution in [1.29, 1.82) is 0 Å². The molecule has 6 heteroatoms. The van der Waals surface area contributed by atoms with Crippen molar-refractivity contribution in [1.82, 2.24) is 14.7 Å². The molecule has 0 aliphatic carbocycles. The third kappa shape index (κ3) is 3.96. The van der Waals surface area contributed by atoms with Crippen LogP contribution >= 0.6 is 0 Å². The average Bonchev–Trinajstić information content (AvgIpc) is 2.62. The summed E-state index contributed by atoms with van der Waals surface area (Å²) in [5.74, 6) is -0.144.